The number of hydrogen-bond acceptors (Lipinski definition) is 0. The van der Waals surface area contributed by atoms with Crippen molar-refractivity contribution in [2.75, 3.05) is 0 Å². The molecule has 0 heterocycles. The Balaban J connectivity index is 0. The van der Waals surface area contributed by atoms with Crippen LogP contribution in [0.15, 0.2) is 0 Å². The van der Waals surface area contributed by atoms with Crippen molar-refractivity contribution in [1.82, 2.24) is 0 Å². The van der Waals surface area contributed by atoms with E-state index in [1.807, 2.05) is 0 Å². The van der Waals surface area contributed by atoms with Gasteiger partial charge in [-0.1, -0.05) is 0 Å². The van der Waals surface area contributed by atoms with Gasteiger partial charge in [0.1, 0.15) is 0 Å². The quantitative estimate of drug-likeness (QED) is 0.369. The van der Waals surface area contributed by atoms with Crippen LogP contribution in [-0.4, -0.2) is 0 Å². The van der Waals surface area contributed by atoms with Gasteiger partial charge in [0.25, 0.3) is 0 Å². The van der Waals surface area contributed by atoms with Crippen LogP contribution < -0.4 is 43.4 Å². The molecule has 0 aliphatic rings. The van der Waals surface area contributed by atoms with Gasteiger partial charge < -0.3 is 43.4 Å². The molecule has 32 valence electrons. The molecule has 0 saturated carbocycles. The normalized spacial score (nSPS) is 0. The molecule has 0 bridgehead atoms. The molecule has 0 saturated heterocycles. The molecule has 0 spiro atoms. The van der Waals surface area contributed by atoms with Gasteiger partial charge in [-0.3, -0.25) is 0 Å². The molecule has 5 heteroatoms. The Morgan fingerprint density at radius 3 is 0.600 bits per heavy atom. The maximum absolute atomic E-state index is 0. The van der Waals surface area contributed by atoms with Gasteiger partial charge in [-0.2, -0.15) is 0 Å². The Labute approximate surface area is 68.8 Å². The van der Waals surface area contributed by atoms with E-state index in [9.17, 15) is 0 Å². The van der Waals surface area contributed by atoms with E-state index in [0.29, 0.717) is 0 Å². The largest absolute Gasteiger partial charge is 4.00 e. The standard InChI is InChI=1S/2BrH.2FH.Hf/h4*1H;/q;;;;+4/p-4. The minimum Gasteiger partial charge on any atom is -1.00 e. The molecular formula is Br2F2Hf. The molecule has 0 aromatic rings. The van der Waals surface area contributed by atoms with E-state index >= 15 is 0 Å². The maximum atomic E-state index is 0. The van der Waals surface area contributed by atoms with Crippen LogP contribution in [0, 0.1) is 0 Å². The van der Waals surface area contributed by atoms with Crippen LogP contribution >= 0.6 is 0 Å². The Morgan fingerprint density at radius 1 is 0.600 bits per heavy atom. The fraction of sp³-hybridized carbons (Fsp3) is 0. The maximum Gasteiger partial charge on any atom is 4.00 e. The Morgan fingerprint density at radius 2 is 0.600 bits per heavy atom. The number of rotatable bonds is 0. The van der Waals surface area contributed by atoms with E-state index in [1.54, 1.807) is 0 Å². The van der Waals surface area contributed by atoms with Crippen LogP contribution in [0.25, 0.3) is 0 Å². The number of hydrogen-bond donors (Lipinski definition) is 0. The zero-order valence-corrected chi connectivity index (χ0v) is 8.78. The van der Waals surface area contributed by atoms with Crippen molar-refractivity contribution < 1.29 is 69.2 Å². The summed E-state index contributed by atoms with van der Waals surface area (Å²) in [5.74, 6) is 0. The van der Waals surface area contributed by atoms with Crippen LogP contribution in [0.2, 0.25) is 0 Å². The molecule has 0 amide bonds. The van der Waals surface area contributed by atoms with Crippen LogP contribution in [-0.2, 0) is 25.8 Å². The van der Waals surface area contributed by atoms with Crippen LogP contribution in [0.5, 0.6) is 0 Å². The van der Waals surface area contributed by atoms with Crippen LogP contribution in [0.1, 0.15) is 0 Å². The third-order valence-corrected chi connectivity index (χ3v) is 0. The Hall–Kier alpha value is 1.69. The third kappa shape index (κ3) is 27.1. The van der Waals surface area contributed by atoms with Gasteiger partial charge in [0.05, 0.1) is 0 Å². The first-order valence-electron chi connectivity index (χ1n) is 0. The zero-order valence-electron chi connectivity index (χ0n) is 2.01. The smallest absolute Gasteiger partial charge is 1.00 e. The summed E-state index contributed by atoms with van der Waals surface area (Å²) in [5, 5.41) is 0. The van der Waals surface area contributed by atoms with Crippen LogP contribution in [0.3, 0.4) is 0 Å². The minimum absolute atomic E-state index is 0. The van der Waals surface area contributed by atoms with Gasteiger partial charge in [0.2, 0.25) is 0 Å². The first-order valence-corrected chi connectivity index (χ1v) is 0. The first-order chi connectivity index (χ1) is 0. The summed E-state index contributed by atoms with van der Waals surface area (Å²) in [6.07, 6.45) is 0. The molecule has 5 heavy (non-hydrogen) atoms. The van der Waals surface area contributed by atoms with E-state index in [-0.39, 0.29) is 69.2 Å². The van der Waals surface area contributed by atoms with Gasteiger partial charge in [-0.15, -0.1) is 0 Å². The Kier molecular flexibility index (Phi) is 665. The Bertz CT molecular complexity index is 7.61. The van der Waals surface area contributed by atoms with Crippen molar-refractivity contribution in [2.24, 2.45) is 0 Å². The fourth-order valence-corrected chi connectivity index (χ4v) is 0. The molecule has 0 nitrogen and oxygen atoms in total. The zero-order chi connectivity index (χ0) is 0. The van der Waals surface area contributed by atoms with Gasteiger partial charge in [-0.05, 0) is 0 Å². The van der Waals surface area contributed by atoms with E-state index in [4.69, 9.17) is 0 Å². The van der Waals surface area contributed by atoms with Gasteiger partial charge in [0, 0.05) is 0 Å². The van der Waals surface area contributed by atoms with Gasteiger partial charge >= 0.3 is 25.8 Å². The minimum atomic E-state index is 0. The molecular weight excluding hydrogens is 376 g/mol. The summed E-state index contributed by atoms with van der Waals surface area (Å²) in [4.78, 5) is 0. The molecule has 0 aliphatic heterocycles. The molecule has 0 aromatic carbocycles. The second-order valence-electron chi connectivity index (χ2n) is 0. The van der Waals surface area contributed by atoms with Crippen molar-refractivity contribution in [3.8, 4) is 0 Å². The van der Waals surface area contributed by atoms with Crippen molar-refractivity contribution in [3.63, 3.8) is 0 Å². The van der Waals surface area contributed by atoms with E-state index < -0.39 is 0 Å². The number of halogens is 4. The molecule has 0 rings (SSSR count). The monoisotopic (exact) mass is 376 g/mol. The summed E-state index contributed by atoms with van der Waals surface area (Å²) >= 11 is 0. The predicted octanol–water partition coefficient (Wildman–Crippen LogP) is -12.0. The molecule has 0 radical (unpaired) electrons. The van der Waals surface area contributed by atoms with Crippen molar-refractivity contribution in [1.29, 1.82) is 0 Å². The molecule has 0 unspecified atom stereocenters. The SMILES string of the molecule is [Br-].[Br-].[F-].[F-].[Hf+4]. The van der Waals surface area contributed by atoms with Crippen molar-refractivity contribution >= 4 is 0 Å². The average molecular weight is 376 g/mol. The summed E-state index contributed by atoms with van der Waals surface area (Å²) in [7, 11) is 0. The second kappa shape index (κ2) is 43.8. The third-order valence-electron chi connectivity index (χ3n) is 0. The molecule has 0 aromatic heterocycles. The fourth-order valence-electron chi connectivity index (χ4n) is 0. The second-order valence-corrected chi connectivity index (χ2v) is 0. The van der Waals surface area contributed by atoms with Gasteiger partial charge in [-0.25, -0.2) is 0 Å². The summed E-state index contributed by atoms with van der Waals surface area (Å²) in [6, 6.07) is 0. The van der Waals surface area contributed by atoms with E-state index in [0.717, 1.165) is 0 Å². The van der Waals surface area contributed by atoms with E-state index in [2.05, 4.69) is 0 Å². The molecule has 0 fully saturated rings. The molecule has 0 N–H and O–H groups in total. The van der Waals surface area contributed by atoms with Gasteiger partial charge in [0.15, 0.2) is 0 Å². The summed E-state index contributed by atoms with van der Waals surface area (Å²) < 4.78 is 0. The summed E-state index contributed by atoms with van der Waals surface area (Å²) in [5.41, 5.74) is 0. The molecule has 0 atom stereocenters. The van der Waals surface area contributed by atoms with Crippen molar-refractivity contribution in [2.45, 2.75) is 0 Å². The average Bonchev–Trinajstić information content (AvgIpc) is 0. The predicted molar refractivity (Wildman–Crippen MR) is 0 cm³/mol. The summed E-state index contributed by atoms with van der Waals surface area (Å²) in [6.45, 7) is 0. The molecule has 0 aliphatic carbocycles. The van der Waals surface area contributed by atoms with E-state index in [1.165, 1.54) is 0 Å². The first kappa shape index (κ1) is 75.8. The van der Waals surface area contributed by atoms with Crippen LogP contribution in [0.4, 0.5) is 0 Å². The topological polar surface area (TPSA) is 0 Å². The van der Waals surface area contributed by atoms with Crippen molar-refractivity contribution in [3.05, 3.63) is 0 Å².